The topological polar surface area (TPSA) is 35.8 Å². The first-order valence-corrected chi connectivity index (χ1v) is 7.02. The molecular formula is C16H22N2. The Balaban J connectivity index is 1.72. The highest BCUT2D eigenvalue weighted by atomic mass is 14.9. The summed E-state index contributed by atoms with van der Waals surface area (Å²) in [6.45, 7) is 3.42. The van der Waals surface area contributed by atoms with Gasteiger partial charge in [0.05, 0.1) is 11.6 Å². The summed E-state index contributed by atoms with van der Waals surface area (Å²) in [7, 11) is 0. The van der Waals surface area contributed by atoms with Crippen molar-refractivity contribution >= 4 is 5.69 Å². The zero-order valence-corrected chi connectivity index (χ0v) is 11.2. The van der Waals surface area contributed by atoms with E-state index in [9.17, 15) is 0 Å². The van der Waals surface area contributed by atoms with Crippen LogP contribution in [0.2, 0.25) is 0 Å². The van der Waals surface area contributed by atoms with Gasteiger partial charge in [0.2, 0.25) is 0 Å². The maximum Gasteiger partial charge on any atom is 0.0991 e. The fraction of sp³-hybridized carbons (Fsp3) is 0.562. The molecule has 96 valence electrons. The lowest BCUT2D eigenvalue weighted by Crippen LogP contribution is -2.16. The van der Waals surface area contributed by atoms with E-state index in [1.54, 1.807) is 0 Å². The molecule has 0 radical (unpaired) electrons. The van der Waals surface area contributed by atoms with Gasteiger partial charge in [-0.25, -0.2) is 0 Å². The van der Waals surface area contributed by atoms with Gasteiger partial charge in [0.15, 0.2) is 0 Å². The van der Waals surface area contributed by atoms with Crippen molar-refractivity contribution in [3.05, 3.63) is 29.8 Å². The predicted octanol–water partition coefficient (Wildman–Crippen LogP) is 4.19. The monoisotopic (exact) mass is 242 g/mol. The van der Waals surface area contributed by atoms with E-state index in [2.05, 4.69) is 18.3 Å². The number of hydrogen-bond donors (Lipinski definition) is 1. The second-order valence-electron chi connectivity index (χ2n) is 5.54. The van der Waals surface area contributed by atoms with Gasteiger partial charge >= 0.3 is 0 Å². The van der Waals surface area contributed by atoms with Crippen LogP contribution in [0.1, 0.15) is 44.6 Å². The van der Waals surface area contributed by atoms with E-state index >= 15 is 0 Å². The molecule has 2 heteroatoms. The van der Waals surface area contributed by atoms with Gasteiger partial charge < -0.3 is 5.32 Å². The van der Waals surface area contributed by atoms with Gasteiger partial charge in [0.25, 0.3) is 0 Å². The predicted molar refractivity (Wildman–Crippen MR) is 75.4 cm³/mol. The molecule has 2 rings (SSSR count). The van der Waals surface area contributed by atoms with Crippen LogP contribution < -0.4 is 5.32 Å². The lowest BCUT2D eigenvalue weighted by atomic mass is 9.81. The molecule has 2 unspecified atom stereocenters. The Labute approximate surface area is 110 Å². The van der Waals surface area contributed by atoms with Gasteiger partial charge in [0.1, 0.15) is 0 Å². The van der Waals surface area contributed by atoms with E-state index in [1.165, 1.54) is 32.1 Å². The highest BCUT2D eigenvalue weighted by molar-refractivity contribution is 5.47. The van der Waals surface area contributed by atoms with Gasteiger partial charge in [0, 0.05) is 12.2 Å². The number of nitrogens with zero attached hydrogens (tertiary/aromatic N) is 1. The van der Waals surface area contributed by atoms with Crippen molar-refractivity contribution in [1.82, 2.24) is 0 Å². The van der Waals surface area contributed by atoms with Gasteiger partial charge in [-0.3, -0.25) is 0 Å². The molecule has 0 aromatic heterocycles. The molecule has 1 aromatic rings. The second kappa shape index (κ2) is 6.44. The normalized spacial score (nSPS) is 23.3. The quantitative estimate of drug-likeness (QED) is 0.859. The summed E-state index contributed by atoms with van der Waals surface area (Å²) < 4.78 is 0. The molecule has 0 bridgehead atoms. The lowest BCUT2D eigenvalue weighted by molar-refractivity contribution is 0.274. The Kier molecular flexibility index (Phi) is 4.64. The van der Waals surface area contributed by atoms with E-state index in [0.717, 1.165) is 29.6 Å². The van der Waals surface area contributed by atoms with E-state index in [0.29, 0.717) is 0 Å². The van der Waals surface area contributed by atoms with Crippen molar-refractivity contribution < 1.29 is 0 Å². The van der Waals surface area contributed by atoms with Crippen molar-refractivity contribution in [2.75, 3.05) is 11.9 Å². The average molecular weight is 242 g/mol. The van der Waals surface area contributed by atoms with Crippen LogP contribution in [-0.4, -0.2) is 6.54 Å². The minimum absolute atomic E-state index is 0.724. The summed E-state index contributed by atoms with van der Waals surface area (Å²) in [6, 6.07) is 9.85. The molecule has 1 aliphatic rings. The van der Waals surface area contributed by atoms with E-state index < -0.39 is 0 Å². The average Bonchev–Trinajstić information content (AvgIpc) is 2.40. The standard InChI is InChI=1S/C16H22N2/c1-13-3-2-4-14(11-13)9-10-18-16-7-5-15(12-17)6-8-16/h5-8,13-14,18H,2-4,9-11H2,1H3. The third kappa shape index (κ3) is 3.77. The molecule has 0 heterocycles. The van der Waals surface area contributed by atoms with Crippen LogP contribution in [-0.2, 0) is 0 Å². The maximum absolute atomic E-state index is 8.73. The molecule has 1 aromatic carbocycles. The number of hydrogen-bond acceptors (Lipinski definition) is 2. The Hall–Kier alpha value is -1.49. The van der Waals surface area contributed by atoms with Crippen molar-refractivity contribution in [3.63, 3.8) is 0 Å². The smallest absolute Gasteiger partial charge is 0.0991 e. The number of nitrogens with one attached hydrogen (secondary N) is 1. The van der Waals surface area contributed by atoms with Crippen LogP contribution in [0.3, 0.4) is 0 Å². The van der Waals surface area contributed by atoms with Crippen molar-refractivity contribution in [1.29, 1.82) is 5.26 Å². The van der Waals surface area contributed by atoms with Gasteiger partial charge in [-0.1, -0.05) is 26.2 Å². The molecule has 0 spiro atoms. The Morgan fingerprint density at radius 1 is 1.28 bits per heavy atom. The molecule has 2 atom stereocenters. The maximum atomic E-state index is 8.73. The zero-order valence-electron chi connectivity index (χ0n) is 11.2. The fourth-order valence-corrected chi connectivity index (χ4v) is 2.91. The highest BCUT2D eigenvalue weighted by Crippen LogP contribution is 2.30. The summed E-state index contributed by atoms with van der Waals surface area (Å²) in [6.07, 6.45) is 6.89. The number of anilines is 1. The number of rotatable bonds is 4. The first-order valence-electron chi connectivity index (χ1n) is 7.02. The van der Waals surface area contributed by atoms with Crippen molar-refractivity contribution in [3.8, 4) is 6.07 Å². The molecule has 0 saturated heterocycles. The minimum atomic E-state index is 0.724. The third-order valence-corrected chi connectivity index (χ3v) is 3.94. The molecule has 0 aliphatic heterocycles. The van der Waals surface area contributed by atoms with Crippen LogP contribution >= 0.6 is 0 Å². The molecule has 1 fully saturated rings. The number of nitriles is 1. The second-order valence-corrected chi connectivity index (χ2v) is 5.54. The van der Waals surface area contributed by atoms with Crippen LogP contribution in [0, 0.1) is 23.2 Å². The molecule has 2 nitrogen and oxygen atoms in total. The minimum Gasteiger partial charge on any atom is -0.385 e. The van der Waals surface area contributed by atoms with Gasteiger partial charge in [-0.2, -0.15) is 5.26 Å². The largest absolute Gasteiger partial charge is 0.385 e. The Morgan fingerprint density at radius 3 is 2.72 bits per heavy atom. The van der Waals surface area contributed by atoms with E-state index in [4.69, 9.17) is 5.26 Å². The van der Waals surface area contributed by atoms with Gasteiger partial charge in [-0.05, 0) is 48.9 Å². The van der Waals surface area contributed by atoms with E-state index in [-0.39, 0.29) is 0 Å². The van der Waals surface area contributed by atoms with Gasteiger partial charge in [-0.15, -0.1) is 0 Å². The van der Waals surface area contributed by atoms with Crippen LogP contribution in [0.15, 0.2) is 24.3 Å². The summed E-state index contributed by atoms with van der Waals surface area (Å²) in [4.78, 5) is 0. The molecule has 1 N–H and O–H groups in total. The zero-order chi connectivity index (χ0) is 12.8. The molecule has 1 saturated carbocycles. The first-order chi connectivity index (χ1) is 8.78. The summed E-state index contributed by atoms with van der Waals surface area (Å²) >= 11 is 0. The fourth-order valence-electron chi connectivity index (χ4n) is 2.91. The highest BCUT2D eigenvalue weighted by Gasteiger charge is 2.18. The molecule has 18 heavy (non-hydrogen) atoms. The third-order valence-electron chi connectivity index (χ3n) is 3.94. The SMILES string of the molecule is CC1CCCC(CCNc2ccc(C#N)cc2)C1. The van der Waals surface area contributed by atoms with Crippen LogP contribution in [0.4, 0.5) is 5.69 Å². The van der Waals surface area contributed by atoms with Crippen LogP contribution in [0.25, 0.3) is 0 Å². The van der Waals surface area contributed by atoms with Crippen LogP contribution in [0.5, 0.6) is 0 Å². The van der Waals surface area contributed by atoms with E-state index in [1.807, 2.05) is 24.3 Å². The number of benzene rings is 1. The summed E-state index contributed by atoms with van der Waals surface area (Å²) in [5.74, 6) is 1.82. The summed E-state index contributed by atoms with van der Waals surface area (Å²) in [5.41, 5.74) is 1.85. The first kappa shape index (κ1) is 13.0. The Bertz CT molecular complexity index is 402. The Morgan fingerprint density at radius 2 is 2.06 bits per heavy atom. The molecular weight excluding hydrogens is 220 g/mol. The van der Waals surface area contributed by atoms with Crippen molar-refractivity contribution in [2.45, 2.75) is 39.0 Å². The van der Waals surface area contributed by atoms with Crippen molar-refractivity contribution in [2.24, 2.45) is 11.8 Å². The lowest BCUT2D eigenvalue weighted by Gasteiger charge is -2.26. The molecule has 0 amide bonds. The molecule has 1 aliphatic carbocycles. The summed E-state index contributed by atoms with van der Waals surface area (Å²) in [5, 5.41) is 12.2.